The van der Waals surface area contributed by atoms with E-state index >= 15 is 0 Å². The number of allylic oxidation sites excluding steroid dienone is 1. The second-order valence-electron chi connectivity index (χ2n) is 2.05. The van der Waals surface area contributed by atoms with Gasteiger partial charge in [0.15, 0.2) is 0 Å². The molecule has 0 saturated heterocycles. The Morgan fingerprint density at radius 1 is 1.55 bits per heavy atom. The van der Waals surface area contributed by atoms with Gasteiger partial charge in [-0.2, -0.15) is 0 Å². The zero-order chi connectivity index (χ0) is 8.43. The average molecular weight is 153 g/mol. The molecule has 1 heterocycles. The maximum atomic E-state index is 10.8. The summed E-state index contributed by atoms with van der Waals surface area (Å²) in [5, 5.41) is 8.80. The highest BCUT2D eigenvalue weighted by Crippen LogP contribution is 2.10. The SMILES string of the molecule is C/C=C\C1=CC(=O)N(O)C1=O. The predicted octanol–water partition coefficient (Wildman–Crippen LogP) is 0.247. The first-order chi connectivity index (χ1) is 5.16. The Labute approximate surface area is 63.4 Å². The summed E-state index contributed by atoms with van der Waals surface area (Å²) >= 11 is 0. The van der Waals surface area contributed by atoms with Crippen molar-refractivity contribution < 1.29 is 14.8 Å². The van der Waals surface area contributed by atoms with Gasteiger partial charge in [0.1, 0.15) is 0 Å². The topological polar surface area (TPSA) is 57.6 Å². The lowest BCUT2D eigenvalue weighted by Gasteiger charge is -2.01. The maximum absolute atomic E-state index is 10.8. The molecule has 1 aliphatic heterocycles. The van der Waals surface area contributed by atoms with Crippen molar-refractivity contribution in [1.82, 2.24) is 5.06 Å². The van der Waals surface area contributed by atoms with Gasteiger partial charge in [0.05, 0.1) is 0 Å². The predicted molar refractivity (Wildman–Crippen MR) is 36.5 cm³/mol. The van der Waals surface area contributed by atoms with Crippen LogP contribution < -0.4 is 0 Å². The molecule has 0 fully saturated rings. The van der Waals surface area contributed by atoms with Gasteiger partial charge in [-0.25, -0.2) is 0 Å². The number of amides is 2. The van der Waals surface area contributed by atoms with Gasteiger partial charge in [0.2, 0.25) is 0 Å². The quantitative estimate of drug-likeness (QED) is 0.434. The minimum absolute atomic E-state index is 0.0926. The van der Waals surface area contributed by atoms with Gasteiger partial charge < -0.3 is 0 Å². The van der Waals surface area contributed by atoms with Crippen LogP contribution in [0.4, 0.5) is 0 Å². The van der Waals surface area contributed by atoms with Crippen LogP contribution in [0.3, 0.4) is 0 Å². The van der Waals surface area contributed by atoms with Gasteiger partial charge in [-0.1, -0.05) is 12.2 Å². The Kier molecular flexibility index (Phi) is 1.87. The van der Waals surface area contributed by atoms with Crippen LogP contribution >= 0.6 is 0 Å². The molecule has 0 atom stereocenters. The van der Waals surface area contributed by atoms with E-state index < -0.39 is 11.8 Å². The largest absolute Gasteiger partial charge is 0.285 e. The molecule has 1 N–H and O–H groups in total. The first-order valence-electron chi connectivity index (χ1n) is 3.08. The van der Waals surface area contributed by atoms with Gasteiger partial charge in [0, 0.05) is 11.6 Å². The molecule has 0 radical (unpaired) electrons. The van der Waals surface area contributed by atoms with Crippen molar-refractivity contribution in [1.29, 1.82) is 0 Å². The molecule has 0 aromatic carbocycles. The van der Waals surface area contributed by atoms with Crippen molar-refractivity contribution in [2.75, 3.05) is 0 Å². The van der Waals surface area contributed by atoms with Crippen LogP contribution in [0.2, 0.25) is 0 Å². The van der Waals surface area contributed by atoms with E-state index in [4.69, 9.17) is 5.21 Å². The molecule has 0 bridgehead atoms. The molecule has 1 aliphatic rings. The summed E-state index contributed by atoms with van der Waals surface area (Å²) in [6, 6.07) is 0. The summed E-state index contributed by atoms with van der Waals surface area (Å²) in [5.41, 5.74) is 0.208. The number of hydroxylamine groups is 2. The molecule has 0 unspecified atom stereocenters. The fourth-order valence-electron chi connectivity index (χ4n) is 0.777. The smallest absolute Gasteiger partial charge is 0.278 e. The van der Waals surface area contributed by atoms with Crippen LogP contribution in [-0.2, 0) is 9.59 Å². The average Bonchev–Trinajstić information content (AvgIpc) is 2.19. The summed E-state index contributed by atoms with van der Waals surface area (Å²) in [4.78, 5) is 21.5. The Hall–Kier alpha value is -1.42. The lowest BCUT2D eigenvalue weighted by Crippen LogP contribution is -2.26. The van der Waals surface area contributed by atoms with E-state index in [2.05, 4.69) is 0 Å². The Morgan fingerprint density at radius 3 is 2.55 bits per heavy atom. The molecule has 2 amide bonds. The third kappa shape index (κ3) is 1.20. The summed E-state index contributed by atoms with van der Waals surface area (Å²) in [6.45, 7) is 1.72. The van der Waals surface area contributed by atoms with Crippen molar-refractivity contribution in [2.24, 2.45) is 0 Å². The molecular formula is C7H7NO3. The normalized spacial score (nSPS) is 18.4. The molecule has 0 saturated carbocycles. The van der Waals surface area contributed by atoms with Crippen molar-refractivity contribution in [2.45, 2.75) is 6.92 Å². The minimum Gasteiger partial charge on any atom is -0.278 e. The van der Waals surface area contributed by atoms with E-state index in [0.717, 1.165) is 6.08 Å². The zero-order valence-electron chi connectivity index (χ0n) is 5.94. The molecule has 0 spiro atoms. The molecule has 4 nitrogen and oxygen atoms in total. The summed E-state index contributed by atoms with van der Waals surface area (Å²) in [6.07, 6.45) is 4.18. The molecule has 58 valence electrons. The highest BCUT2D eigenvalue weighted by atomic mass is 16.5. The van der Waals surface area contributed by atoms with E-state index in [-0.39, 0.29) is 10.6 Å². The molecule has 0 aromatic heterocycles. The van der Waals surface area contributed by atoms with E-state index in [1.807, 2.05) is 0 Å². The summed E-state index contributed by atoms with van der Waals surface area (Å²) in [5.74, 6) is -1.36. The standard InChI is InChI=1S/C7H7NO3/c1-2-3-5-4-6(9)8(11)7(5)10/h2-4,11H,1H3/b3-2-. The summed E-state index contributed by atoms with van der Waals surface area (Å²) < 4.78 is 0. The molecule has 1 rings (SSSR count). The highest BCUT2D eigenvalue weighted by Gasteiger charge is 2.27. The Bertz CT molecular complexity index is 265. The second-order valence-corrected chi connectivity index (χ2v) is 2.05. The lowest BCUT2D eigenvalue weighted by molar-refractivity contribution is -0.169. The van der Waals surface area contributed by atoms with Gasteiger partial charge in [-0.15, -0.1) is 5.06 Å². The van der Waals surface area contributed by atoms with Gasteiger partial charge in [-0.05, 0) is 6.92 Å². The van der Waals surface area contributed by atoms with Gasteiger partial charge in [-0.3, -0.25) is 14.8 Å². The number of hydrogen-bond acceptors (Lipinski definition) is 3. The Morgan fingerprint density at radius 2 is 2.18 bits per heavy atom. The third-order valence-electron chi connectivity index (χ3n) is 1.27. The van der Waals surface area contributed by atoms with Crippen LogP contribution in [0.1, 0.15) is 6.92 Å². The third-order valence-corrected chi connectivity index (χ3v) is 1.27. The van der Waals surface area contributed by atoms with Crippen LogP contribution in [0.5, 0.6) is 0 Å². The van der Waals surface area contributed by atoms with Crippen molar-refractivity contribution in [3.8, 4) is 0 Å². The fraction of sp³-hybridized carbons (Fsp3) is 0.143. The number of carbonyl (C=O) groups is 2. The van der Waals surface area contributed by atoms with Crippen molar-refractivity contribution >= 4 is 11.8 Å². The summed E-state index contributed by atoms with van der Waals surface area (Å²) in [7, 11) is 0. The molecule has 0 aromatic rings. The molecule has 0 aliphatic carbocycles. The van der Waals surface area contributed by atoms with Crippen LogP contribution in [0.25, 0.3) is 0 Å². The number of hydrogen-bond donors (Lipinski definition) is 1. The van der Waals surface area contributed by atoms with Gasteiger partial charge in [0.25, 0.3) is 11.8 Å². The molecule has 11 heavy (non-hydrogen) atoms. The first kappa shape index (κ1) is 7.68. The van der Waals surface area contributed by atoms with Crippen molar-refractivity contribution in [3.63, 3.8) is 0 Å². The molecule has 4 heteroatoms. The van der Waals surface area contributed by atoms with Crippen LogP contribution in [0, 0.1) is 0 Å². The number of nitrogens with zero attached hydrogens (tertiary/aromatic N) is 1. The fourth-order valence-corrected chi connectivity index (χ4v) is 0.777. The number of rotatable bonds is 1. The second kappa shape index (κ2) is 2.67. The first-order valence-corrected chi connectivity index (χ1v) is 3.08. The van der Waals surface area contributed by atoms with Crippen LogP contribution in [0.15, 0.2) is 23.8 Å². The van der Waals surface area contributed by atoms with Crippen LogP contribution in [-0.4, -0.2) is 22.1 Å². The van der Waals surface area contributed by atoms with E-state index in [0.29, 0.717) is 0 Å². The minimum atomic E-state index is -0.692. The van der Waals surface area contributed by atoms with Gasteiger partial charge >= 0.3 is 0 Å². The van der Waals surface area contributed by atoms with E-state index in [1.54, 1.807) is 13.0 Å². The lowest BCUT2D eigenvalue weighted by atomic mass is 10.2. The Balaban J connectivity index is 2.92. The van der Waals surface area contributed by atoms with E-state index in [1.165, 1.54) is 6.08 Å². The number of carbonyl (C=O) groups excluding carboxylic acids is 2. The zero-order valence-corrected chi connectivity index (χ0v) is 5.94. The van der Waals surface area contributed by atoms with Crippen molar-refractivity contribution in [3.05, 3.63) is 23.8 Å². The van der Waals surface area contributed by atoms with E-state index in [9.17, 15) is 9.59 Å². The maximum Gasteiger partial charge on any atom is 0.285 e. The highest BCUT2D eigenvalue weighted by molar-refractivity contribution is 6.16. The molecular weight excluding hydrogens is 146 g/mol. The monoisotopic (exact) mass is 153 g/mol. The number of imide groups is 1.